The zero-order valence-corrected chi connectivity index (χ0v) is 9.43. The van der Waals surface area contributed by atoms with Gasteiger partial charge in [0.05, 0.1) is 0 Å². The fourth-order valence-electron chi connectivity index (χ4n) is 3.99. The number of rotatable bonds is 2. The molecule has 0 aromatic carbocycles. The maximum Gasteiger partial charge on any atom is -0.00174 e. The lowest BCUT2D eigenvalue weighted by molar-refractivity contribution is 0.160. The van der Waals surface area contributed by atoms with Crippen LogP contribution in [0.4, 0.5) is 0 Å². The standard InChI is InChI=1S/C12H23N/c1-8(2)9-5-12(7-13)6-10(12)11(9,3)4/h8-10H,5-7,13H2,1-4H3. The van der Waals surface area contributed by atoms with Crippen LogP contribution in [0.3, 0.4) is 0 Å². The first-order valence-corrected chi connectivity index (χ1v) is 5.64. The molecule has 0 aromatic heterocycles. The van der Waals surface area contributed by atoms with E-state index in [2.05, 4.69) is 27.7 Å². The van der Waals surface area contributed by atoms with E-state index >= 15 is 0 Å². The van der Waals surface area contributed by atoms with Crippen molar-refractivity contribution < 1.29 is 0 Å². The molecular weight excluding hydrogens is 158 g/mol. The Kier molecular flexibility index (Phi) is 1.83. The molecule has 2 saturated carbocycles. The monoisotopic (exact) mass is 181 g/mol. The van der Waals surface area contributed by atoms with Crippen molar-refractivity contribution in [3.63, 3.8) is 0 Å². The van der Waals surface area contributed by atoms with Gasteiger partial charge in [-0.1, -0.05) is 27.7 Å². The van der Waals surface area contributed by atoms with Crippen LogP contribution in [0.1, 0.15) is 40.5 Å². The highest BCUT2D eigenvalue weighted by molar-refractivity contribution is 5.17. The Labute approximate surface area is 82.1 Å². The van der Waals surface area contributed by atoms with E-state index in [0.29, 0.717) is 10.8 Å². The first-order valence-electron chi connectivity index (χ1n) is 5.64. The fourth-order valence-corrected chi connectivity index (χ4v) is 3.99. The van der Waals surface area contributed by atoms with Crippen LogP contribution in [0.15, 0.2) is 0 Å². The van der Waals surface area contributed by atoms with Crippen molar-refractivity contribution in [2.75, 3.05) is 6.54 Å². The Morgan fingerprint density at radius 1 is 1.31 bits per heavy atom. The molecule has 0 aromatic rings. The topological polar surface area (TPSA) is 26.0 Å². The lowest BCUT2D eigenvalue weighted by Gasteiger charge is -2.33. The van der Waals surface area contributed by atoms with Crippen LogP contribution in [-0.4, -0.2) is 6.54 Å². The SMILES string of the molecule is CC(C)C1CC2(CN)CC2C1(C)C. The summed E-state index contributed by atoms with van der Waals surface area (Å²) in [5, 5.41) is 0. The minimum Gasteiger partial charge on any atom is -0.330 e. The van der Waals surface area contributed by atoms with Gasteiger partial charge in [-0.3, -0.25) is 0 Å². The summed E-state index contributed by atoms with van der Waals surface area (Å²) in [4.78, 5) is 0. The molecule has 2 fully saturated rings. The predicted octanol–water partition coefficient (Wildman–Crippen LogP) is 2.65. The molecule has 0 bridgehead atoms. The molecule has 3 unspecified atom stereocenters. The highest BCUT2D eigenvalue weighted by atomic mass is 14.8. The third-order valence-electron chi connectivity index (χ3n) is 4.88. The van der Waals surface area contributed by atoms with Crippen molar-refractivity contribution in [2.24, 2.45) is 34.3 Å². The Balaban J connectivity index is 2.19. The fraction of sp³-hybridized carbons (Fsp3) is 1.00. The van der Waals surface area contributed by atoms with Gasteiger partial charge in [0.15, 0.2) is 0 Å². The maximum absolute atomic E-state index is 5.89. The molecule has 0 amide bonds. The Bertz CT molecular complexity index is 219. The molecule has 0 radical (unpaired) electrons. The first kappa shape index (κ1) is 9.51. The third-order valence-corrected chi connectivity index (χ3v) is 4.88. The van der Waals surface area contributed by atoms with Gasteiger partial charge < -0.3 is 5.73 Å². The lowest BCUT2D eigenvalue weighted by Crippen LogP contribution is -2.26. The molecule has 13 heavy (non-hydrogen) atoms. The molecule has 0 spiro atoms. The van der Waals surface area contributed by atoms with Gasteiger partial charge in [-0.25, -0.2) is 0 Å². The minimum absolute atomic E-state index is 0.549. The molecule has 2 aliphatic rings. The molecule has 1 nitrogen and oxygen atoms in total. The Morgan fingerprint density at radius 2 is 1.92 bits per heavy atom. The van der Waals surface area contributed by atoms with Crippen molar-refractivity contribution in [1.82, 2.24) is 0 Å². The van der Waals surface area contributed by atoms with E-state index in [9.17, 15) is 0 Å². The van der Waals surface area contributed by atoms with Crippen LogP contribution in [-0.2, 0) is 0 Å². The average Bonchev–Trinajstić information content (AvgIpc) is 2.71. The van der Waals surface area contributed by atoms with Crippen LogP contribution in [0.25, 0.3) is 0 Å². The van der Waals surface area contributed by atoms with E-state index in [0.717, 1.165) is 24.3 Å². The van der Waals surface area contributed by atoms with Gasteiger partial charge in [-0.05, 0) is 48.0 Å². The molecule has 0 heterocycles. The minimum atomic E-state index is 0.549. The van der Waals surface area contributed by atoms with Crippen molar-refractivity contribution in [1.29, 1.82) is 0 Å². The van der Waals surface area contributed by atoms with Gasteiger partial charge in [-0.2, -0.15) is 0 Å². The van der Waals surface area contributed by atoms with Gasteiger partial charge in [0.25, 0.3) is 0 Å². The van der Waals surface area contributed by atoms with Gasteiger partial charge >= 0.3 is 0 Å². The van der Waals surface area contributed by atoms with E-state index in [1.165, 1.54) is 12.8 Å². The number of nitrogens with two attached hydrogens (primary N) is 1. The third kappa shape index (κ3) is 1.09. The van der Waals surface area contributed by atoms with E-state index in [4.69, 9.17) is 5.73 Å². The smallest absolute Gasteiger partial charge is 0.00174 e. The van der Waals surface area contributed by atoms with Gasteiger partial charge in [0.1, 0.15) is 0 Å². The van der Waals surface area contributed by atoms with E-state index < -0.39 is 0 Å². The Morgan fingerprint density at radius 3 is 2.23 bits per heavy atom. The van der Waals surface area contributed by atoms with Crippen molar-refractivity contribution in [3.8, 4) is 0 Å². The van der Waals surface area contributed by atoms with E-state index in [-0.39, 0.29) is 0 Å². The average molecular weight is 181 g/mol. The largest absolute Gasteiger partial charge is 0.330 e. The highest BCUT2D eigenvalue weighted by Gasteiger charge is 2.67. The zero-order valence-electron chi connectivity index (χ0n) is 9.43. The number of hydrogen-bond acceptors (Lipinski definition) is 1. The van der Waals surface area contributed by atoms with Crippen LogP contribution in [0, 0.1) is 28.6 Å². The molecular formula is C12H23N. The summed E-state index contributed by atoms with van der Waals surface area (Å²) in [5.41, 5.74) is 7.01. The number of fused-ring (bicyclic) bond motifs is 1. The summed E-state index contributed by atoms with van der Waals surface area (Å²) < 4.78 is 0. The molecule has 2 aliphatic carbocycles. The maximum atomic E-state index is 5.89. The normalized spacial score (nSPS) is 46.6. The van der Waals surface area contributed by atoms with Crippen LogP contribution in [0.2, 0.25) is 0 Å². The van der Waals surface area contributed by atoms with Crippen LogP contribution >= 0.6 is 0 Å². The first-order chi connectivity index (χ1) is 5.94. The Hall–Kier alpha value is -0.0400. The lowest BCUT2D eigenvalue weighted by atomic mass is 9.72. The molecule has 1 heteroatoms. The summed E-state index contributed by atoms with van der Waals surface area (Å²) in [5.74, 6) is 2.65. The van der Waals surface area contributed by atoms with Gasteiger partial charge in [-0.15, -0.1) is 0 Å². The summed E-state index contributed by atoms with van der Waals surface area (Å²) in [6.45, 7) is 10.5. The quantitative estimate of drug-likeness (QED) is 0.696. The summed E-state index contributed by atoms with van der Waals surface area (Å²) in [6.07, 6.45) is 2.79. The van der Waals surface area contributed by atoms with E-state index in [1.54, 1.807) is 0 Å². The zero-order chi connectivity index (χ0) is 9.85. The highest BCUT2D eigenvalue weighted by Crippen LogP contribution is 2.73. The van der Waals surface area contributed by atoms with Crippen molar-refractivity contribution >= 4 is 0 Å². The predicted molar refractivity (Wildman–Crippen MR) is 56.3 cm³/mol. The summed E-state index contributed by atoms with van der Waals surface area (Å²) in [6, 6.07) is 0. The molecule has 2 N–H and O–H groups in total. The van der Waals surface area contributed by atoms with Crippen molar-refractivity contribution in [3.05, 3.63) is 0 Å². The summed E-state index contributed by atoms with van der Waals surface area (Å²) in [7, 11) is 0. The van der Waals surface area contributed by atoms with Gasteiger partial charge in [0.2, 0.25) is 0 Å². The second-order valence-electron chi connectivity index (χ2n) is 6.20. The van der Waals surface area contributed by atoms with Gasteiger partial charge in [0, 0.05) is 0 Å². The number of hydrogen-bond donors (Lipinski definition) is 1. The molecule has 3 atom stereocenters. The molecule has 0 saturated heterocycles. The van der Waals surface area contributed by atoms with Crippen molar-refractivity contribution in [2.45, 2.75) is 40.5 Å². The van der Waals surface area contributed by atoms with Crippen LogP contribution < -0.4 is 5.73 Å². The molecule has 2 rings (SSSR count). The summed E-state index contributed by atoms with van der Waals surface area (Å²) >= 11 is 0. The molecule has 76 valence electrons. The second-order valence-corrected chi connectivity index (χ2v) is 6.20. The van der Waals surface area contributed by atoms with E-state index in [1.807, 2.05) is 0 Å². The second kappa shape index (κ2) is 2.50. The molecule has 0 aliphatic heterocycles. The van der Waals surface area contributed by atoms with Crippen LogP contribution in [0.5, 0.6) is 0 Å².